The number of aryl methyl sites for hydroxylation is 1. The molecule has 0 radical (unpaired) electrons. The number of nitrogen functional groups attached to an aromatic ring is 1. The van der Waals surface area contributed by atoms with Gasteiger partial charge in [0.25, 0.3) is 11.8 Å². The lowest BCUT2D eigenvalue weighted by Gasteiger charge is -2.19. The Morgan fingerprint density at radius 1 is 1.02 bits per heavy atom. The molecule has 1 unspecified atom stereocenters. The van der Waals surface area contributed by atoms with Crippen LogP contribution in [0.15, 0.2) is 91.0 Å². The van der Waals surface area contributed by atoms with E-state index in [-0.39, 0.29) is 23.5 Å². The molecule has 9 heteroatoms. The predicted molar refractivity (Wildman–Crippen MR) is 176 cm³/mol. The van der Waals surface area contributed by atoms with E-state index in [0.717, 1.165) is 27.5 Å². The highest BCUT2D eigenvalue weighted by atomic mass is 35.5. The number of H-pyrrole nitrogens is 1. The number of alkyl halides is 1. The van der Waals surface area contributed by atoms with E-state index in [1.807, 2.05) is 55.5 Å². The molecule has 0 bridgehead atoms. The third kappa shape index (κ3) is 4.69. The Kier molecular flexibility index (Phi) is 6.71. The van der Waals surface area contributed by atoms with E-state index in [2.05, 4.69) is 10.3 Å². The van der Waals surface area contributed by atoms with E-state index in [9.17, 15) is 14.7 Å². The first-order chi connectivity index (χ1) is 21.3. The number of imidazole rings is 1. The summed E-state index contributed by atoms with van der Waals surface area (Å²) in [6, 6.07) is 27.0. The van der Waals surface area contributed by atoms with Crippen LogP contribution >= 0.6 is 11.6 Å². The first-order valence-electron chi connectivity index (χ1n) is 14.2. The van der Waals surface area contributed by atoms with Gasteiger partial charge in [0.05, 0.1) is 16.7 Å². The maximum absolute atomic E-state index is 13.9. The Bertz CT molecular complexity index is 2100. The summed E-state index contributed by atoms with van der Waals surface area (Å²) >= 11 is 6.42. The number of rotatable bonds is 5. The fourth-order valence-corrected chi connectivity index (χ4v) is 6.29. The summed E-state index contributed by atoms with van der Waals surface area (Å²) in [5.74, 6) is 0.607. The van der Waals surface area contributed by atoms with Crippen molar-refractivity contribution in [2.45, 2.75) is 12.8 Å². The van der Waals surface area contributed by atoms with Crippen molar-refractivity contribution in [3.63, 3.8) is 0 Å². The van der Waals surface area contributed by atoms with Crippen molar-refractivity contribution in [3.8, 4) is 17.1 Å². The summed E-state index contributed by atoms with van der Waals surface area (Å²) in [5.41, 5.74) is 12.8. The van der Waals surface area contributed by atoms with Crippen molar-refractivity contribution in [2.75, 3.05) is 28.4 Å². The fourth-order valence-electron chi connectivity index (χ4n) is 6.03. The van der Waals surface area contributed by atoms with Crippen molar-refractivity contribution >= 4 is 62.3 Å². The van der Waals surface area contributed by atoms with Crippen LogP contribution in [0.3, 0.4) is 0 Å². The maximum Gasteiger partial charge on any atom is 0.258 e. The van der Waals surface area contributed by atoms with E-state index in [1.54, 1.807) is 47.4 Å². The Morgan fingerprint density at radius 2 is 1.80 bits per heavy atom. The molecule has 1 atom stereocenters. The summed E-state index contributed by atoms with van der Waals surface area (Å²) in [7, 11) is 0. The lowest BCUT2D eigenvalue weighted by Crippen LogP contribution is -2.30. The van der Waals surface area contributed by atoms with Crippen LogP contribution < -0.4 is 16.0 Å². The van der Waals surface area contributed by atoms with Crippen molar-refractivity contribution in [1.29, 1.82) is 0 Å². The number of phenols is 1. The Morgan fingerprint density at radius 3 is 2.59 bits per heavy atom. The van der Waals surface area contributed by atoms with Crippen molar-refractivity contribution < 1.29 is 14.7 Å². The molecule has 1 aliphatic rings. The van der Waals surface area contributed by atoms with Gasteiger partial charge < -0.3 is 26.0 Å². The molecule has 1 aromatic heterocycles. The molecule has 7 rings (SSSR count). The smallest absolute Gasteiger partial charge is 0.258 e. The lowest BCUT2D eigenvalue weighted by atomic mass is 9.92. The zero-order valence-electron chi connectivity index (χ0n) is 23.8. The highest BCUT2D eigenvalue weighted by Gasteiger charge is 2.35. The summed E-state index contributed by atoms with van der Waals surface area (Å²) in [4.78, 5) is 36.4. The maximum atomic E-state index is 13.9. The molecule has 0 saturated carbocycles. The molecule has 8 nitrogen and oxygen atoms in total. The molecule has 44 heavy (non-hydrogen) atoms. The molecule has 1 aliphatic heterocycles. The third-order valence-corrected chi connectivity index (χ3v) is 8.57. The van der Waals surface area contributed by atoms with Crippen LogP contribution in [0.5, 0.6) is 5.75 Å². The molecule has 5 aromatic carbocycles. The second kappa shape index (κ2) is 10.7. The number of fused-ring (bicyclic) bond motifs is 4. The monoisotopic (exact) mass is 601 g/mol. The normalized spacial score (nSPS) is 14.2. The topological polar surface area (TPSA) is 124 Å². The van der Waals surface area contributed by atoms with E-state index >= 15 is 0 Å². The SMILES string of the molecule is Cc1cccc2c(O)cc3c(c12)C(CCl)CN3C(=O)c1ccc2nc(-c3cccc(NC(=O)c4ccc(N)cc4)c3)[nH]c2c1. The number of aromatic amines is 1. The van der Waals surface area contributed by atoms with Gasteiger partial charge in [-0.15, -0.1) is 11.6 Å². The molecule has 0 fully saturated rings. The number of carbonyl (C=O) groups excluding carboxylic acids is 2. The number of carbonyl (C=O) groups is 2. The van der Waals surface area contributed by atoms with Gasteiger partial charge in [-0.05, 0) is 78.0 Å². The highest BCUT2D eigenvalue weighted by Crippen LogP contribution is 2.46. The van der Waals surface area contributed by atoms with Crippen LogP contribution in [0.25, 0.3) is 33.2 Å². The van der Waals surface area contributed by atoms with Gasteiger partial charge in [0.1, 0.15) is 11.6 Å². The average molecular weight is 602 g/mol. The van der Waals surface area contributed by atoms with Crippen LogP contribution in [-0.4, -0.2) is 39.3 Å². The summed E-state index contributed by atoms with van der Waals surface area (Å²) in [6.07, 6.45) is 0. The minimum atomic E-state index is -0.244. The molecule has 218 valence electrons. The second-order valence-corrected chi connectivity index (χ2v) is 11.4. The van der Waals surface area contributed by atoms with Crippen LogP contribution in [0.4, 0.5) is 17.1 Å². The van der Waals surface area contributed by atoms with Crippen LogP contribution in [0.2, 0.25) is 0 Å². The van der Waals surface area contributed by atoms with E-state index in [4.69, 9.17) is 22.3 Å². The molecule has 0 saturated heterocycles. The number of nitrogens with zero attached hydrogens (tertiary/aromatic N) is 2. The molecule has 0 spiro atoms. The van der Waals surface area contributed by atoms with Gasteiger partial charge >= 0.3 is 0 Å². The second-order valence-electron chi connectivity index (χ2n) is 11.1. The zero-order valence-corrected chi connectivity index (χ0v) is 24.5. The number of aromatic hydroxyl groups is 1. The molecule has 5 N–H and O–H groups in total. The van der Waals surface area contributed by atoms with Crippen LogP contribution in [0.1, 0.15) is 37.8 Å². The number of halogens is 1. The molecular formula is C35H28ClN5O3. The van der Waals surface area contributed by atoms with Crippen LogP contribution in [-0.2, 0) is 0 Å². The average Bonchev–Trinajstić information content (AvgIpc) is 3.62. The summed E-state index contributed by atoms with van der Waals surface area (Å²) in [5, 5.41) is 15.5. The Balaban J connectivity index is 1.18. The molecule has 6 aromatic rings. The summed E-state index contributed by atoms with van der Waals surface area (Å²) < 4.78 is 0. The van der Waals surface area contributed by atoms with Gasteiger partial charge in [0, 0.05) is 57.9 Å². The first-order valence-corrected chi connectivity index (χ1v) is 14.7. The lowest BCUT2D eigenvalue weighted by molar-refractivity contribution is 0.0987. The van der Waals surface area contributed by atoms with Crippen molar-refractivity contribution in [2.24, 2.45) is 0 Å². The number of anilines is 3. The third-order valence-electron chi connectivity index (χ3n) is 8.20. The van der Waals surface area contributed by atoms with Gasteiger partial charge in [0.15, 0.2) is 0 Å². The Hall–Kier alpha value is -5.34. The standard InChI is InChI=1S/C35H28ClN5O3/c1-19-4-2-7-26-30(42)16-29-32(31(19)26)23(17-36)18-41(29)35(44)22-10-13-27-28(15-22)40-33(39-27)21-5-3-6-25(14-21)38-34(43)20-8-11-24(37)12-9-20/h2-16,23,42H,17-18,37H2,1H3,(H,38,43)(H,39,40). The Labute approximate surface area is 258 Å². The quantitative estimate of drug-likeness (QED) is 0.123. The van der Waals surface area contributed by atoms with Gasteiger partial charge in [-0.1, -0.05) is 30.3 Å². The molecular weight excluding hydrogens is 574 g/mol. The largest absolute Gasteiger partial charge is 0.507 e. The number of hydrogen-bond donors (Lipinski definition) is 4. The van der Waals surface area contributed by atoms with E-state index < -0.39 is 0 Å². The minimum Gasteiger partial charge on any atom is -0.507 e. The van der Waals surface area contributed by atoms with Gasteiger partial charge in [-0.2, -0.15) is 0 Å². The number of nitrogens with two attached hydrogens (primary N) is 1. The fraction of sp³-hybridized carbons (Fsp3) is 0.114. The van der Waals surface area contributed by atoms with E-state index in [0.29, 0.717) is 57.5 Å². The van der Waals surface area contributed by atoms with Gasteiger partial charge in [-0.3, -0.25) is 9.59 Å². The predicted octanol–water partition coefficient (Wildman–Crippen LogP) is 7.21. The highest BCUT2D eigenvalue weighted by molar-refractivity contribution is 6.19. The molecule has 0 aliphatic carbocycles. The number of hydrogen-bond acceptors (Lipinski definition) is 5. The van der Waals surface area contributed by atoms with Crippen molar-refractivity contribution in [1.82, 2.24) is 9.97 Å². The number of aromatic nitrogens is 2. The minimum absolute atomic E-state index is 0.0601. The van der Waals surface area contributed by atoms with Crippen molar-refractivity contribution in [3.05, 3.63) is 113 Å². The first kappa shape index (κ1) is 27.5. The summed E-state index contributed by atoms with van der Waals surface area (Å²) in [6.45, 7) is 2.43. The van der Waals surface area contributed by atoms with Gasteiger partial charge in [0.2, 0.25) is 0 Å². The number of benzene rings is 5. The van der Waals surface area contributed by atoms with Crippen LogP contribution in [0, 0.1) is 6.92 Å². The van der Waals surface area contributed by atoms with Gasteiger partial charge in [-0.25, -0.2) is 4.98 Å². The number of phenolic OH excluding ortho intramolecular Hbond substituents is 1. The molecule has 2 amide bonds. The van der Waals surface area contributed by atoms with E-state index in [1.165, 1.54) is 0 Å². The number of amides is 2. The molecule has 2 heterocycles. The number of nitrogens with one attached hydrogen (secondary N) is 2. The zero-order chi connectivity index (χ0) is 30.5.